The van der Waals surface area contributed by atoms with Crippen LogP contribution >= 0.6 is 11.6 Å². The Hall–Kier alpha value is -1.98. The first-order valence-electron chi connectivity index (χ1n) is 6.11. The second-order valence-corrected chi connectivity index (χ2v) is 4.75. The van der Waals surface area contributed by atoms with Crippen molar-refractivity contribution in [1.29, 1.82) is 0 Å². The molecule has 3 heteroatoms. The summed E-state index contributed by atoms with van der Waals surface area (Å²) in [7, 11) is 0. The van der Waals surface area contributed by atoms with E-state index in [0.717, 1.165) is 17.1 Å². The molecule has 0 saturated carbocycles. The Morgan fingerprint density at radius 1 is 1.21 bits per heavy atom. The van der Waals surface area contributed by atoms with Crippen molar-refractivity contribution in [2.24, 2.45) is 0 Å². The smallest absolute Gasteiger partial charge is 0.113 e. The molecule has 1 atom stereocenters. The van der Waals surface area contributed by atoms with Crippen molar-refractivity contribution in [1.82, 2.24) is 4.98 Å². The van der Waals surface area contributed by atoms with Crippen LogP contribution in [-0.2, 0) is 0 Å². The molecule has 1 aromatic heterocycles. The molecule has 0 amide bonds. The van der Waals surface area contributed by atoms with Crippen molar-refractivity contribution in [2.75, 3.05) is 5.32 Å². The fraction of sp³-hybridized carbons (Fsp3) is 0.188. The van der Waals surface area contributed by atoms with Gasteiger partial charge in [0.1, 0.15) is 5.69 Å². The van der Waals surface area contributed by atoms with Gasteiger partial charge >= 0.3 is 0 Å². The zero-order valence-electron chi connectivity index (χ0n) is 10.9. The highest BCUT2D eigenvalue weighted by atomic mass is 35.5. The van der Waals surface area contributed by atoms with Gasteiger partial charge in [-0.2, -0.15) is 0 Å². The van der Waals surface area contributed by atoms with Gasteiger partial charge in [-0.15, -0.1) is 0 Å². The second-order valence-electron chi connectivity index (χ2n) is 4.31. The number of hydrogen-bond donors (Lipinski definition) is 1. The largest absolute Gasteiger partial charge is 0.372 e. The highest BCUT2D eigenvalue weighted by molar-refractivity contribution is 6.30. The maximum Gasteiger partial charge on any atom is 0.113 e. The third-order valence-corrected chi connectivity index (χ3v) is 2.75. The minimum atomic E-state index is 0.0285. The highest BCUT2D eigenvalue weighted by Crippen LogP contribution is 2.15. The van der Waals surface area contributed by atoms with Crippen LogP contribution in [0, 0.1) is 18.8 Å². The predicted molar refractivity (Wildman–Crippen MR) is 80.4 cm³/mol. The van der Waals surface area contributed by atoms with Gasteiger partial charge < -0.3 is 5.32 Å². The Labute approximate surface area is 118 Å². The van der Waals surface area contributed by atoms with Crippen LogP contribution in [0.5, 0.6) is 0 Å². The molecule has 2 nitrogen and oxygen atoms in total. The molecule has 0 fully saturated rings. The average molecular weight is 271 g/mol. The standard InChI is InChI=1S/C16H15ClN2/c1-12-5-3-7-15(18-12)10-9-13(2)19-16-8-4-6-14(17)11-16/h3-8,11,13,19H,1-2H3. The zero-order valence-corrected chi connectivity index (χ0v) is 11.7. The minimum absolute atomic E-state index is 0.0285. The predicted octanol–water partition coefficient (Wildman–Crippen LogP) is 3.90. The Balaban J connectivity index is 2.04. The number of halogens is 1. The Bertz CT molecular complexity index is 626. The van der Waals surface area contributed by atoms with Crippen molar-refractivity contribution in [3.05, 3.63) is 58.9 Å². The molecule has 1 unspecified atom stereocenters. The fourth-order valence-corrected chi connectivity index (χ4v) is 1.85. The Morgan fingerprint density at radius 2 is 2.00 bits per heavy atom. The minimum Gasteiger partial charge on any atom is -0.372 e. The molecule has 0 bridgehead atoms. The lowest BCUT2D eigenvalue weighted by atomic mass is 10.2. The molecule has 19 heavy (non-hydrogen) atoms. The van der Waals surface area contributed by atoms with Crippen LogP contribution in [0.1, 0.15) is 18.3 Å². The van der Waals surface area contributed by atoms with Crippen LogP contribution in [0.15, 0.2) is 42.5 Å². The van der Waals surface area contributed by atoms with Crippen LogP contribution in [0.4, 0.5) is 5.69 Å². The van der Waals surface area contributed by atoms with E-state index >= 15 is 0 Å². The number of benzene rings is 1. The average Bonchev–Trinajstić information content (AvgIpc) is 2.36. The van der Waals surface area contributed by atoms with Gasteiger partial charge in [-0.05, 0) is 50.1 Å². The number of nitrogens with one attached hydrogen (secondary N) is 1. The first-order chi connectivity index (χ1) is 9.13. The van der Waals surface area contributed by atoms with Gasteiger partial charge in [0.25, 0.3) is 0 Å². The van der Waals surface area contributed by atoms with Crippen LogP contribution in [0.25, 0.3) is 0 Å². The zero-order chi connectivity index (χ0) is 13.7. The number of aryl methyl sites for hydroxylation is 1. The molecular weight excluding hydrogens is 256 g/mol. The lowest BCUT2D eigenvalue weighted by molar-refractivity contribution is 1.03. The van der Waals surface area contributed by atoms with Crippen molar-refractivity contribution < 1.29 is 0 Å². The van der Waals surface area contributed by atoms with E-state index < -0.39 is 0 Å². The Morgan fingerprint density at radius 3 is 2.74 bits per heavy atom. The normalized spacial score (nSPS) is 11.3. The monoisotopic (exact) mass is 270 g/mol. The molecule has 1 N–H and O–H groups in total. The SMILES string of the molecule is Cc1cccc(C#CC(C)Nc2cccc(Cl)c2)n1. The van der Waals surface area contributed by atoms with E-state index in [2.05, 4.69) is 22.1 Å². The molecule has 0 saturated heterocycles. The summed E-state index contributed by atoms with van der Waals surface area (Å²) in [6, 6.07) is 13.5. The molecule has 1 heterocycles. The van der Waals surface area contributed by atoms with Gasteiger partial charge in [0.2, 0.25) is 0 Å². The topological polar surface area (TPSA) is 24.9 Å². The first kappa shape index (κ1) is 13.5. The third kappa shape index (κ3) is 4.31. The molecule has 96 valence electrons. The molecule has 1 aromatic carbocycles. The lowest BCUT2D eigenvalue weighted by Gasteiger charge is -2.09. The van der Waals surface area contributed by atoms with Gasteiger partial charge in [0.15, 0.2) is 0 Å². The number of rotatable bonds is 2. The summed E-state index contributed by atoms with van der Waals surface area (Å²) in [5.41, 5.74) is 2.73. The van der Waals surface area contributed by atoms with Crippen LogP contribution in [0.2, 0.25) is 5.02 Å². The quantitative estimate of drug-likeness (QED) is 0.838. The van der Waals surface area contributed by atoms with Crippen molar-refractivity contribution in [3.63, 3.8) is 0 Å². The van der Waals surface area contributed by atoms with Gasteiger partial charge in [0, 0.05) is 16.4 Å². The molecule has 0 aliphatic rings. The van der Waals surface area contributed by atoms with E-state index in [-0.39, 0.29) is 6.04 Å². The van der Waals surface area contributed by atoms with E-state index in [1.165, 1.54) is 0 Å². The summed E-state index contributed by atoms with van der Waals surface area (Å²) < 4.78 is 0. The number of anilines is 1. The molecule has 0 aliphatic carbocycles. The van der Waals surface area contributed by atoms with Crippen LogP contribution in [-0.4, -0.2) is 11.0 Å². The number of aromatic nitrogens is 1. The van der Waals surface area contributed by atoms with Gasteiger partial charge in [-0.1, -0.05) is 29.7 Å². The molecule has 2 rings (SSSR count). The van der Waals surface area contributed by atoms with Crippen LogP contribution in [0.3, 0.4) is 0 Å². The summed E-state index contributed by atoms with van der Waals surface area (Å²) in [5.74, 6) is 6.19. The summed E-state index contributed by atoms with van der Waals surface area (Å²) >= 11 is 5.93. The van der Waals surface area contributed by atoms with Gasteiger partial charge in [-0.3, -0.25) is 0 Å². The second kappa shape index (κ2) is 6.26. The van der Waals surface area contributed by atoms with E-state index in [1.807, 2.05) is 56.3 Å². The van der Waals surface area contributed by atoms with E-state index in [9.17, 15) is 0 Å². The van der Waals surface area contributed by atoms with Crippen molar-refractivity contribution in [2.45, 2.75) is 19.9 Å². The highest BCUT2D eigenvalue weighted by Gasteiger charge is 1.98. The number of pyridine rings is 1. The van der Waals surface area contributed by atoms with E-state index in [0.29, 0.717) is 5.02 Å². The lowest BCUT2D eigenvalue weighted by Crippen LogP contribution is -2.12. The maximum absolute atomic E-state index is 5.93. The van der Waals surface area contributed by atoms with Gasteiger partial charge in [0.05, 0.1) is 6.04 Å². The summed E-state index contributed by atoms with van der Waals surface area (Å²) in [5, 5.41) is 4.00. The van der Waals surface area contributed by atoms with Crippen molar-refractivity contribution in [3.8, 4) is 11.8 Å². The van der Waals surface area contributed by atoms with Gasteiger partial charge in [-0.25, -0.2) is 4.98 Å². The van der Waals surface area contributed by atoms with Crippen molar-refractivity contribution >= 4 is 17.3 Å². The molecule has 2 aromatic rings. The maximum atomic E-state index is 5.93. The van der Waals surface area contributed by atoms with E-state index in [4.69, 9.17) is 11.6 Å². The molecular formula is C16H15ClN2. The molecule has 0 spiro atoms. The number of nitrogens with zero attached hydrogens (tertiary/aromatic N) is 1. The summed E-state index contributed by atoms with van der Waals surface area (Å²) in [6.07, 6.45) is 0. The summed E-state index contributed by atoms with van der Waals surface area (Å²) in [4.78, 5) is 4.34. The molecule has 0 radical (unpaired) electrons. The van der Waals surface area contributed by atoms with Crippen LogP contribution < -0.4 is 5.32 Å². The first-order valence-corrected chi connectivity index (χ1v) is 6.48. The third-order valence-electron chi connectivity index (χ3n) is 2.51. The fourth-order valence-electron chi connectivity index (χ4n) is 1.66. The summed E-state index contributed by atoms with van der Waals surface area (Å²) in [6.45, 7) is 3.96. The number of hydrogen-bond acceptors (Lipinski definition) is 2. The Kier molecular flexibility index (Phi) is 4.43. The van der Waals surface area contributed by atoms with E-state index in [1.54, 1.807) is 0 Å². The molecule has 0 aliphatic heterocycles.